The van der Waals surface area contributed by atoms with Gasteiger partial charge in [0.05, 0.1) is 43.1 Å². The third-order valence-electron chi connectivity index (χ3n) is 3.12. The van der Waals surface area contributed by atoms with Crippen LogP contribution in [-0.2, 0) is 16.1 Å². The van der Waals surface area contributed by atoms with Crippen molar-refractivity contribution in [2.45, 2.75) is 11.0 Å². The molecule has 1 aliphatic rings. The maximum atomic E-state index is 12.3. The number of ether oxygens (including phenoxy) is 2. The van der Waals surface area contributed by atoms with Crippen LogP contribution in [0.3, 0.4) is 0 Å². The molecule has 0 saturated carbocycles. The van der Waals surface area contributed by atoms with Gasteiger partial charge in [0.15, 0.2) is 4.90 Å². The first kappa shape index (κ1) is 16.2. The van der Waals surface area contributed by atoms with E-state index in [1.54, 1.807) is 23.5 Å². The van der Waals surface area contributed by atoms with E-state index in [0.29, 0.717) is 35.8 Å². The number of halogens is 1. The van der Waals surface area contributed by atoms with Crippen molar-refractivity contribution >= 4 is 11.4 Å². The minimum absolute atomic E-state index is 0.0457. The molecular formula is C13H18FN3O3S. The second-order valence-corrected chi connectivity index (χ2v) is 6.03. The van der Waals surface area contributed by atoms with E-state index in [9.17, 15) is 8.94 Å². The van der Waals surface area contributed by atoms with Crippen molar-refractivity contribution in [2.24, 2.45) is 5.73 Å². The summed E-state index contributed by atoms with van der Waals surface area (Å²) in [5.74, 6) is 0.335. The van der Waals surface area contributed by atoms with Crippen LogP contribution in [0.4, 0.5) is 4.39 Å². The van der Waals surface area contributed by atoms with Crippen LogP contribution in [0.1, 0.15) is 0 Å². The van der Waals surface area contributed by atoms with Gasteiger partial charge in [-0.25, -0.2) is 9.37 Å². The molecule has 8 heteroatoms. The Morgan fingerprint density at radius 2 is 2.38 bits per heavy atom. The molecule has 0 aromatic carbocycles. The van der Waals surface area contributed by atoms with E-state index in [1.807, 2.05) is 0 Å². The molecule has 0 spiro atoms. The molecule has 1 unspecified atom stereocenters. The van der Waals surface area contributed by atoms with Crippen molar-refractivity contribution < 1.29 is 18.4 Å². The second kappa shape index (κ2) is 7.71. The quantitative estimate of drug-likeness (QED) is 0.743. The highest BCUT2D eigenvalue weighted by Gasteiger charge is 2.36. The molecule has 6 nitrogen and oxygen atoms in total. The van der Waals surface area contributed by atoms with E-state index in [1.165, 1.54) is 6.20 Å². The zero-order valence-corrected chi connectivity index (χ0v) is 12.5. The Morgan fingerprint density at radius 1 is 1.62 bits per heavy atom. The molecule has 1 fully saturated rings. The van der Waals surface area contributed by atoms with Gasteiger partial charge in [-0.15, -0.1) is 4.31 Å². The Kier molecular flexibility index (Phi) is 5.95. The van der Waals surface area contributed by atoms with Crippen molar-refractivity contribution in [3.05, 3.63) is 30.2 Å². The summed E-state index contributed by atoms with van der Waals surface area (Å²) in [6, 6.07) is 3.28. The fraction of sp³-hybridized carbons (Fsp3) is 0.462. The monoisotopic (exact) mass is 315 g/mol. The van der Waals surface area contributed by atoms with Crippen LogP contribution in [0.5, 0.6) is 5.88 Å². The fourth-order valence-electron chi connectivity index (χ4n) is 1.69. The van der Waals surface area contributed by atoms with Gasteiger partial charge >= 0.3 is 0 Å². The highest BCUT2D eigenvalue weighted by molar-refractivity contribution is 7.89. The summed E-state index contributed by atoms with van der Waals surface area (Å²) in [7, 11) is 1.64. The lowest BCUT2D eigenvalue weighted by Crippen LogP contribution is -2.54. The third-order valence-corrected chi connectivity index (χ3v) is 4.53. The van der Waals surface area contributed by atoms with Crippen molar-refractivity contribution in [3.8, 4) is 5.88 Å². The van der Waals surface area contributed by atoms with Gasteiger partial charge in [0.2, 0.25) is 5.88 Å². The molecule has 0 bridgehead atoms. The Hall–Kier alpha value is -1.19. The highest BCUT2D eigenvalue weighted by atomic mass is 32.2. The van der Waals surface area contributed by atoms with Crippen molar-refractivity contribution in [3.63, 3.8) is 0 Å². The maximum Gasteiger partial charge on any atom is 0.213 e. The molecule has 1 aliphatic heterocycles. The number of aromatic nitrogens is 1. The van der Waals surface area contributed by atoms with Gasteiger partial charge in [-0.3, -0.25) is 0 Å². The van der Waals surface area contributed by atoms with Crippen LogP contribution in [-0.4, -0.2) is 53.3 Å². The molecule has 1 aromatic heterocycles. The summed E-state index contributed by atoms with van der Waals surface area (Å²) in [4.78, 5) is 4.65. The fourth-order valence-corrected chi connectivity index (χ4v) is 2.92. The van der Waals surface area contributed by atoms with Crippen LogP contribution in [0.25, 0.3) is 0 Å². The first-order valence-corrected chi connectivity index (χ1v) is 7.55. The first-order valence-electron chi connectivity index (χ1n) is 6.44. The predicted molar refractivity (Wildman–Crippen MR) is 76.8 cm³/mol. The Bertz CT molecular complexity index is 480. The SMILES string of the molecule is COC1CN([S+]([O-])c2ccc(OC/C(=C/F)CN)nc2)C1. The molecule has 116 valence electrons. The number of hydrogen-bond donors (Lipinski definition) is 1. The van der Waals surface area contributed by atoms with Gasteiger partial charge in [-0.1, -0.05) is 0 Å². The zero-order valence-electron chi connectivity index (χ0n) is 11.7. The minimum atomic E-state index is -1.24. The minimum Gasteiger partial charge on any atom is -0.593 e. The summed E-state index contributed by atoms with van der Waals surface area (Å²) < 4.78 is 36.7. The van der Waals surface area contributed by atoms with E-state index in [2.05, 4.69) is 4.98 Å². The molecule has 0 aliphatic carbocycles. The molecule has 0 radical (unpaired) electrons. The molecule has 2 N–H and O–H groups in total. The lowest BCUT2D eigenvalue weighted by atomic mass is 10.2. The highest BCUT2D eigenvalue weighted by Crippen LogP contribution is 2.23. The molecule has 2 rings (SSSR count). The van der Waals surface area contributed by atoms with Crippen LogP contribution in [0.15, 0.2) is 35.1 Å². The number of rotatable bonds is 7. The Labute approximate surface area is 126 Å². The molecule has 1 aromatic rings. The van der Waals surface area contributed by atoms with Gasteiger partial charge in [-0.05, 0) is 0 Å². The van der Waals surface area contributed by atoms with E-state index in [4.69, 9.17) is 15.2 Å². The first-order chi connectivity index (χ1) is 10.2. The van der Waals surface area contributed by atoms with Crippen molar-refractivity contribution in [2.75, 3.05) is 33.4 Å². The number of methoxy groups -OCH3 is 1. The molecule has 1 atom stereocenters. The topological polar surface area (TPSA) is 83.7 Å². The van der Waals surface area contributed by atoms with E-state index in [0.717, 1.165) is 0 Å². The van der Waals surface area contributed by atoms with Crippen LogP contribution in [0.2, 0.25) is 0 Å². The van der Waals surface area contributed by atoms with Gasteiger partial charge < -0.3 is 19.8 Å². The van der Waals surface area contributed by atoms with E-state index < -0.39 is 11.4 Å². The number of hydrogen-bond acceptors (Lipinski definition) is 6. The normalized spacial score (nSPS) is 18.4. The standard InChI is InChI=1S/C13H18FN3O3S/c1-19-11-7-17(8-11)21(18)12-2-3-13(16-6-12)20-9-10(4-14)5-15/h2-4,6,11H,5,7-9,15H2,1H3/b10-4+. The van der Waals surface area contributed by atoms with E-state index in [-0.39, 0.29) is 19.3 Å². The zero-order chi connectivity index (χ0) is 15.2. The van der Waals surface area contributed by atoms with Gasteiger partial charge in [0.25, 0.3) is 0 Å². The Balaban J connectivity index is 1.87. The van der Waals surface area contributed by atoms with Crippen LogP contribution < -0.4 is 10.5 Å². The van der Waals surface area contributed by atoms with Crippen LogP contribution >= 0.6 is 0 Å². The summed E-state index contributed by atoms with van der Waals surface area (Å²) >= 11 is -1.24. The van der Waals surface area contributed by atoms with Crippen molar-refractivity contribution in [1.82, 2.24) is 9.29 Å². The largest absolute Gasteiger partial charge is 0.593 e. The third kappa shape index (κ3) is 4.14. The number of pyridine rings is 1. The molecule has 0 amide bonds. The number of nitrogens with two attached hydrogens (primary N) is 1. The average Bonchev–Trinajstić information content (AvgIpc) is 2.47. The molecular weight excluding hydrogens is 297 g/mol. The van der Waals surface area contributed by atoms with Crippen LogP contribution in [0, 0.1) is 0 Å². The predicted octanol–water partition coefficient (Wildman–Crippen LogP) is 0.626. The summed E-state index contributed by atoms with van der Waals surface area (Å²) in [6.45, 7) is 1.42. The summed E-state index contributed by atoms with van der Waals surface area (Å²) in [5, 5.41) is 0. The summed E-state index contributed by atoms with van der Waals surface area (Å²) in [6.07, 6.45) is 2.07. The molecule has 2 heterocycles. The van der Waals surface area contributed by atoms with Gasteiger partial charge in [0, 0.05) is 31.4 Å². The van der Waals surface area contributed by atoms with Gasteiger partial charge in [-0.2, -0.15) is 0 Å². The van der Waals surface area contributed by atoms with E-state index >= 15 is 0 Å². The molecule has 21 heavy (non-hydrogen) atoms. The summed E-state index contributed by atoms with van der Waals surface area (Å²) in [5.41, 5.74) is 5.67. The average molecular weight is 315 g/mol. The smallest absolute Gasteiger partial charge is 0.213 e. The van der Waals surface area contributed by atoms with Gasteiger partial charge in [0.1, 0.15) is 6.61 Å². The van der Waals surface area contributed by atoms with Crippen molar-refractivity contribution in [1.29, 1.82) is 0 Å². The lowest BCUT2D eigenvalue weighted by Gasteiger charge is -2.36. The lowest BCUT2D eigenvalue weighted by molar-refractivity contribution is 0.0125. The maximum absolute atomic E-state index is 12.3. The number of nitrogens with zero attached hydrogens (tertiary/aromatic N) is 2. The second-order valence-electron chi connectivity index (χ2n) is 4.55. The molecule has 1 saturated heterocycles. The Morgan fingerprint density at radius 3 is 2.90 bits per heavy atom.